The first-order chi connectivity index (χ1) is 13.8. The highest BCUT2D eigenvalue weighted by molar-refractivity contribution is 5.97. The lowest BCUT2D eigenvalue weighted by atomic mass is 9.99. The molecule has 6 heteroatoms. The van der Waals surface area contributed by atoms with Gasteiger partial charge in [0.05, 0.1) is 6.61 Å². The first kappa shape index (κ1) is 23.2. The Balaban J connectivity index is 1.91. The molecule has 1 heterocycles. The third-order valence-corrected chi connectivity index (χ3v) is 5.33. The number of likely N-dealkylation sites (tertiary alicyclic amines) is 1. The Morgan fingerprint density at radius 3 is 2.45 bits per heavy atom. The second-order valence-corrected chi connectivity index (χ2v) is 8.57. The van der Waals surface area contributed by atoms with Crippen molar-refractivity contribution in [3.63, 3.8) is 0 Å². The summed E-state index contributed by atoms with van der Waals surface area (Å²) in [5.74, 6) is 1.05. The van der Waals surface area contributed by atoms with Crippen molar-refractivity contribution in [2.24, 2.45) is 11.8 Å². The molecule has 0 bridgehead atoms. The van der Waals surface area contributed by atoms with Crippen LogP contribution in [0.5, 0.6) is 5.75 Å². The predicted octanol–water partition coefficient (Wildman–Crippen LogP) is 3.08. The standard InChI is InChI=1S/C23H37N3O3/c1-6-29-20-11-9-19(10-12-20)22(27)25-21(16(2)3)23(28)24-18(5)15-26-13-7-8-17(4)14-26/h9-12,16-18,21H,6-8,13-15H2,1-5H3,(H,24,28)(H,25,27). The summed E-state index contributed by atoms with van der Waals surface area (Å²) < 4.78 is 5.41. The summed E-state index contributed by atoms with van der Waals surface area (Å²) in [6.45, 7) is 13.7. The third kappa shape index (κ3) is 7.35. The number of benzene rings is 1. The Kier molecular flexibility index (Phi) is 8.96. The fourth-order valence-electron chi connectivity index (χ4n) is 3.85. The van der Waals surface area contributed by atoms with Crippen LogP contribution in [0.25, 0.3) is 0 Å². The molecule has 0 radical (unpaired) electrons. The highest BCUT2D eigenvalue weighted by atomic mass is 16.5. The van der Waals surface area contributed by atoms with Crippen LogP contribution in [0.4, 0.5) is 0 Å². The van der Waals surface area contributed by atoms with Gasteiger partial charge in [-0.2, -0.15) is 0 Å². The molecule has 1 saturated heterocycles. The van der Waals surface area contributed by atoms with Crippen molar-refractivity contribution in [2.45, 2.75) is 59.5 Å². The number of nitrogens with one attached hydrogen (secondary N) is 2. The lowest BCUT2D eigenvalue weighted by Crippen LogP contribution is -2.53. The topological polar surface area (TPSA) is 70.7 Å². The molecule has 3 unspecified atom stereocenters. The molecule has 162 valence electrons. The van der Waals surface area contributed by atoms with Crippen LogP contribution in [-0.2, 0) is 4.79 Å². The zero-order valence-electron chi connectivity index (χ0n) is 18.5. The van der Waals surface area contributed by atoms with Gasteiger partial charge >= 0.3 is 0 Å². The van der Waals surface area contributed by atoms with E-state index in [2.05, 4.69) is 22.5 Å². The van der Waals surface area contributed by atoms with Crippen LogP contribution in [0.15, 0.2) is 24.3 Å². The molecule has 2 amide bonds. The van der Waals surface area contributed by atoms with E-state index in [1.165, 1.54) is 12.8 Å². The van der Waals surface area contributed by atoms with Crippen molar-refractivity contribution in [2.75, 3.05) is 26.2 Å². The molecule has 3 atom stereocenters. The summed E-state index contributed by atoms with van der Waals surface area (Å²) in [6, 6.07) is 6.44. The van der Waals surface area contributed by atoms with Gasteiger partial charge < -0.3 is 20.3 Å². The van der Waals surface area contributed by atoms with Crippen LogP contribution < -0.4 is 15.4 Å². The number of ether oxygens (including phenoxy) is 1. The van der Waals surface area contributed by atoms with Crippen molar-refractivity contribution in [3.8, 4) is 5.75 Å². The summed E-state index contributed by atoms with van der Waals surface area (Å²) in [5.41, 5.74) is 0.516. The Morgan fingerprint density at radius 1 is 1.17 bits per heavy atom. The Morgan fingerprint density at radius 2 is 1.86 bits per heavy atom. The van der Waals surface area contributed by atoms with E-state index < -0.39 is 6.04 Å². The van der Waals surface area contributed by atoms with Crippen molar-refractivity contribution < 1.29 is 14.3 Å². The minimum absolute atomic E-state index is 0.0103. The van der Waals surface area contributed by atoms with E-state index in [1.807, 2.05) is 27.7 Å². The zero-order chi connectivity index (χ0) is 21.4. The van der Waals surface area contributed by atoms with Gasteiger partial charge in [0.15, 0.2) is 0 Å². The van der Waals surface area contributed by atoms with Crippen LogP contribution in [0, 0.1) is 11.8 Å². The van der Waals surface area contributed by atoms with Crippen LogP contribution in [0.2, 0.25) is 0 Å². The molecule has 1 aliphatic heterocycles. The van der Waals surface area contributed by atoms with Gasteiger partial charge in [-0.15, -0.1) is 0 Å². The maximum Gasteiger partial charge on any atom is 0.251 e. The molecule has 29 heavy (non-hydrogen) atoms. The first-order valence-electron chi connectivity index (χ1n) is 10.9. The number of nitrogens with zero attached hydrogens (tertiary/aromatic N) is 1. The first-order valence-corrected chi connectivity index (χ1v) is 10.9. The van der Waals surface area contributed by atoms with E-state index in [0.717, 1.165) is 25.4 Å². The average Bonchev–Trinajstić information content (AvgIpc) is 2.66. The van der Waals surface area contributed by atoms with Crippen LogP contribution >= 0.6 is 0 Å². The largest absolute Gasteiger partial charge is 0.494 e. The van der Waals surface area contributed by atoms with Gasteiger partial charge in [-0.3, -0.25) is 9.59 Å². The number of rotatable bonds is 9. The number of hydrogen-bond acceptors (Lipinski definition) is 4. The summed E-state index contributed by atoms with van der Waals surface area (Å²) in [4.78, 5) is 27.9. The molecular weight excluding hydrogens is 366 g/mol. The van der Waals surface area contributed by atoms with Crippen LogP contribution in [-0.4, -0.2) is 55.0 Å². The van der Waals surface area contributed by atoms with Gasteiger partial charge in [0.2, 0.25) is 5.91 Å². The van der Waals surface area contributed by atoms with Crippen molar-refractivity contribution in [3.05, 3.63) is 29.8 Å². The number of piperidine rings is 1. The molecule has 0 aromatic heterocycles. The minimum Gasteiger partial charge on any atom is -0.494 e. The lowest BCUT2D eigenvalue weighted by Gasteiger charge is -2.33. The van der Waals surface area contributed by atoms with Crippen molar-refractivity contribution in [1.29, 1.82) is 0 Å². The van der Waals surface area contributed by atoms with Gasteiger partial charge in [-0.1, -0.05) is 20.8 Å². The van der Waals surface area contributed by atoms with E-state index >= 15 is 0 Å². The Bertz CT molecular complexity index is 660. The maximum absolute atomic E-state index is 12.8. The molecule has 2 N–H and O–H groups in total. The second-order valence-electron chi connectivity index (χ2n) is 8.57. The smallest absolute Gasteiger partial charge is 0.251 e. The lowest BCUT2D eigenvalue weighted by molar-refractivity contribution is -0.124. The van der Waals surface area contributed by atoms with Crippen molar-refractivity contribution in [1.82, 2.24) is 15.5 Å². The quantitative estimate of drug-likeness (QED) is 0.665. The van der Waals surface area contributed by atoms with E-state index in [1.54, 1.807) is 24.3 Å². The number of carbonyl (C=O) groups is 2. The third-order valence-electron chi connectivity index (χ3n) is 5.33. The van der Waals surface area contributed by atoms with Crippen LogP contribution in [0.3, 0.4) is 0 Å². The molecule has 6 nitrogen and oxygen atoms in total. The van der Waals surface area contributed by atoms with Gasteiger partial charge in [0.25, 0.3) is 5.91 Å². The molecule has 1 aromatic rings. The van der Waals surface area contributed by atoms with Gasteiger partial charge in [-0.05, 0) is 69.3 Å². The molecule has 2 rings (SSSR count). The Labute approximate surface area is 175 Å². The molecule has 0 spiro atoms. The highest BCUT2D eigenvalue weighted by Gasteiger charge is 2.26. The predicted molar refractivity (Wildman–Crippen MR) is 116 cm³/mol. The molecule has 1 aromatic carbocycles. The number of hydrogen-bond donors (Lipinski definition) is 2. The van der Waals surface area contributed by atoms with E-state index in [4.69, 9.17) is 4.74 Å². The van der Waals surface area contributed by atoms with E-state index in [9.17, 15) is 9.59 Å². The summed E-state index contributed by atoms with van der Waals surface area (Å²) in [6.07, 6.45) is 2.50. The average molecular weight is 404 g/mol. The van der Waals surface area contributed by atoms with E-state index in [0.29, 0.717) is 18.1 Å². The summed E-state index contributed by atoms with van der Waals surface area (Å²) >= 11 is 0. The molecule has 1 aliphatic rings. The monoisotopic (exact) mass is 403 g/mol. The number of amides is 2. The second kappa shape index (κ2) is 11.2. The normalized spacial score (nSPS) is 19.4. The van der Waals surface area contributed by atoms with E-state index in [-0.39, 0.29) is 23.8 Å². The fraction of sp³-hybridized carbons (Fsp3) is 0.652. The molecule has 0 saturated carbocycles. The molecule has 1 fully saturated rings. The van der Waals surface area contributed by atoms with Crippen LogP contribution in [0.1, 0.15) is 57.8 Å². The zero-order valence-corrected chi connectivity index (χ0v) is 18.5. The summed E-state index contributed by atoms with van der Waals surface area (Å²) in [5, 5.41) is 5.99. The molecule has 0 aliphatic carbocycles. The van der Waals surface area contributed by atoms with Gasteiger partial charge in [0, 0.05) is 24.7 Å². The van der Waals surface area contributed by atoms with Gasteiger partial charge in [0.1, 0.15) is 11.8 Å². The van der Waals surface area contributed by atoms with Gasteiger partial charge in [-0.25, -0.2) is 0 Å². The SMILES string of the molecule is CCOc1ccc(C(=O)NC(C(=O)NC(C)CN2CCCC(C)C2)C(C)C)cc1. The van der Waals surface area contributed by atoms with Crippen molar-refractivity contribution >= 4 is 11.8 Å². The number of carbonyl (C=O) groups excluding carboxylic acids is 2. The maximum atomic E-state index is 12.8. The Hall–Kier alpha value is -2.08. The minimum atomic E-state index is -0.572. The fourth-order valence-corrected chi connectivity index (χ4v) is 3.85. The molecular formula is C23H37N3O3. The highest BCUT2D eigenvalue weighted by Crippen LogP contribution is 2.16. The summed E-state index contributed by atoms with van der Waals surface area (Å²) in [7, 11) is 0.